The molecule has 0 unspecified atom stereocenters. The third-order valence-corrected chi connectivity index (χ3v) is 5.31. The number of likely N-dealkylation sites (tertiary alicyclic amines) is 1. The minimum Gasteiger partial charge on any atom is -0.333 e. The summed E-state index contributed by atoms with van der Waals surface area (Å²) < 4.78 is 1.67. The van der Waals surface area contributed by atoms with E-state index in [4.69, 9.17) is 0 Å². The number of hydrogen-bond acceptors (Lipinski definition) is 4. The largest absolute Gasteiger partial charge is 0.333 e. The van der Waals surface area contributed by atoms with Crippen molar-refractivity contribution >= 4 is 11.7 Å². The molecule has 1 saturated heterocycles. The van der Waals surface area contributed by atoms with Crippen molar-refractivity contribution in [2.24, 2.45) is 5.92 Å². The van der Waals surface area contributed by atoms with E-state index in [0.717, 1.165) is 30.8 Å². The van der Waals surface area contributed by atoms with Crippen molar-refractivity contribution in [2.75, 3.05) is 6.54 Å². The fraction of sp³-hybridized carbons (Fsp3) is 0.647. The number of nitrogens with zero attached hydrogens (tertiary/aromatic N) is 5. The maximum absolute atomic E-state index is 12.9. The zero-order valence-corrected chi connectivity index (χ0v) is 13.8. The SMILES string of the molecule is Cc1cc(C)n2nc(C(=O)N3CCC[C@H]3C3CCCC3)nc2n1. The summed E-state index contributed by atoms with van der Waals surface area (Å²) in [5, 5.41) is 4.41. The van der Waals surface area contributed by atoms with Crippen molar-refractivity contribution < 1.29 is 4.79 Å². The van der Waals surface area contributed by atoms with Gasteiger partial charge in [-0.2, -0.15) is 4.98 Å². The maximum atomic E-state index is 12.9. The van der Waals surface area contributed by atoms with Crippen LogP contribution in [-0.2, 0) is 0 Å². The molecule has 1 saturated carbocycles. The first-order valence-corrected chi connectivity index (χ1v) is 8.65. The molecule has 0 radical (unpaired) electrons. The first-order chi connectivity index (χ1) is 11.1. The molecule has 6 nitrogen and oxygen atoms in total. The second-order valence-corrected chi connectivity index (χ2v) is 6.94. The van der Waals surface area contributed by atoms with Gasteiger partial charge in [-0.3, -0.25) is 4.79 Å². The van der Waals surface area contributed by atoms with Crippen LogP contribution in [0.25, 0.3) is 5.78 Å². The van der Waals surface area contributed by atoms with Gasteiger partial charge < -0.3 is 4.90 Å². The van der Waals surface area contributed by atoms with Gasteiger partial charge in [0.15, 0.2) is 0 Å². The molecule has 2 aromatic heterocycles. The highest BCUT2D eigenvalue weighted by atomic mass is 16.2. The number of carbonyl (C=O) groups excluding carboxylic acids is 1. The molecule has 23 heavy (non-hydrogen) atoms. The normalized spacial score (nSPS) is 22.3. The van der Waals surface area contributed by atoms with Crippen molar-refractivity contribution in [2.45, 2.75) is 58.4 Å². The Kier molecular flexibility index (Phi) is 3.54. The van der Waals surface area contributed by atoms with Gasteiger partial charge in [-0.15, -0.1) is 5.10 Å². The molecule has 1 aliphatic carbocycles. The lowest BCUT2D eigenvalue weighted by Gasteiger charge is -2.28. The Morgan fingerprint density at radius 1 is 1.13 bits per heavy atom. The average Bonchev–Trinajstić information content (AvgIpc) is 3.25. The van der Waals surface area contributed by atoms with Crippen LogP contribution in [0, 0.1) is 19.8 Å². The Balaban J connectivity index is 1.64. The third kappa shape index (κ3) is 2.50. The van der Waals surface area contributed by atoms with E-state index in [2.05, 4.69) is 15.1 Å². The zero-order valence-electron chi connectivity index (χ0n) is 13.8. The summed E-state index contributed by atoms with van der Waals surface area (Å²) >= 11 is 0. The molecule has 4 rings (SSSR count). The Bertz CT molecular complexity index is 747. The van der Waals surface area contributed by atoms with Crippen molar-refractivity contribution in [3.05, 3.63) is 23.3 Å². The molecular weight excluding hydrogens is 290 g/mol. The van der Waals surface area contributed by atoms with Gasteiger partial charge in [0, 0.05) is 24.0 Å². The van der Waals surface area contributed by atoms with Crippen LogP contribution in [0.15, 0.2) is 6.07 Å². The lowest BCUT2D eigenvalue weighted by atomic mass is 9.96. The average molecular weight is 313 g/mol. The summed E-state index contributed by atoms with van der Waals surface area (Å²) in [5.41, 5.74) is 1.85. The van der Waals surface area contributed by atoms with Gasteiger partial charge in [-0.1, -0.05) is 12.8 Å². The van der Waals surface area contributed by atoms with Crippen LogP contribution in [0.5, 0.6) is 0 Å². The smallest absolute Gasteiger partial charge is 0.293 e. The number of hydrogen-bond donors (Lipinski definition) is 0. The molecule has 2 fully saturated rings. The van der Waals surface area contributed by atoms with Crippen molar-refractivity contribution in [3.8, 4) is 0 Å². The fourth-order valence-corrected chi connectivity index (χ4v) is 4.26. The Labute approximate surface area is 135 Å². The molecule has 1 aliphatic heterocycles. The van der Waals surface area contributed by atoms with E-state index in [9.17, 15) is 4.79 Å². The van der Waals surface area contributed by atoms with Gasteiger partial charge in [0.2, 0.25) is 5.82 Å². The number of aromatic nitrogens is 4. The number of aryl methyl sites for hydroxylation is 2. The predicted octanol–water partition coefficient (Wildman–Crippen LogP) is 2.54. The maximum Gasteiger partial charge on any atom is 0.293 e. The molecule has 1 atom stereocenters. The van der Waals surface area contributed by atoms with Gasteiger partial charge in [0.25, 0.3) is 11.7 Å². The molecule has 122 valence electrons. The number of carbonyl (C=O) groups is 1. The third-order valence-electron chi connectivity index (χ3n) is 5.31. The summed E-state index contributed by atoms with van der Waals surface area (Å²) in [6.45, 7) is 4.72. The quantitative estimate of drug-likeness (QED) is 0.854. The van der Waals surface area contributed by atoms with Crippen LogP contribution in [0.3, 0.4) is 0 Å². The molecule has 3 heterocycles. The highest BCUT2D eigenvalue weighted by Gasteiger charge is 2.37. The predicted molar refractivity (Wildman–Crippen MR) is 86.3 cm³/mol. The lowest BCUT2D eigenvalue weighted by Crippen LogP contribution is -2.39. The van der Waals surface area contributed by atoms with E-state index in [1.807, 2.05) is 24.8 Å². The van der Waals surface area contributed by atoms with Crippen molar-refractivity contribution in [1.82, 2.24) is 24.5 Å². The molecule has 6 heteroatoms. The summed E-state index contributed by atoms with van der Waals surface area (Å²) in [4.78, 5) is 23.7. The topological polar surface area (TPSA) is 63.4 Å². The molecular formula is C17H23N5O. The monoisotopic (exact) mass is 313 g/mol. The molecule has 1 amide bonds. The first kappa shape index (κ1) is 14.6. The second kappa shape index (κ2) is 5.58. The highest BCUT2D eigenvalue weighted by molar-refractivity contribution is 5.91. The van der Waals surface area contributed by atoms with Crippen LogP contribution in [-0.4, -0.2) is 43.0 Å². The Hall–Kier alpha value is -1.98. The van der Waals surface area contributed by atoms with Gasteiger partial charge in [0.1, 0.15) is 0 Å². The number of fused-ring (bicyclic) bond motifs is 1. The van der Waals surface area contributed by atoms with E-state index >= 15 is 0 Å². The van der Waals surface area contributed by atoms with Crippen LogP contribution in [0.1, 0.15) is 60.5 Å². The minimum absolute atomic E-state index is 0.0260. The molecule has 0 N–H and O–H groups in total. The minimum atomic E-state index is -0.0260. The van der Waals surface area contributed by atoms with Crippen molar-refractivity contribution in [3.63, 3.8) is 0 Å². The first-order valence-electron chi connectivity index (χ1n) is 8.65. The zero-order chi connectivity index (χ0) is 16.0. The van der Waals surface area contributed by atoms with Crippen LogP contribution in [0.2, 0.25) is 0 Å². The second-order valence-electron chi connectivity index (χ2n) is 6.94. The standard InChI is InChI=1S/C17H23N5O/c1-11-10-12(2)22-17(18-11)19-15(20-22)16(23)21-9-5-8-14(21)13-6-3-4-7-13/h10,13-14H,3-9H2,1-2H3/t14-/m0/s1. The Morgan fingerprint density at radius 2 is 1.91 bits per heavy atom. The van der Waals surface area contributed by atoms with Gasteiger partial charge in [-0.25, -0.2) is 9.50 Å². The van der Waals surface area contributed by atoms with Crippen molar-refractivity contribution in [1.29, 1.82) is 0 Å². The van der Waals surface area contributed by atoms with E-state index in [0.29, 0.717) is 17.7 Å². The summed E-state index contributed by atoms with van der Waals surface area (Å²) in [6, 6.07) is 2.33. The van der Waals surface area contributed by atoms with Gasteiger partial charge in [0.05, 0.1) is 0 Å². The summed E-state index contributed by atoms with van der Waals surface area (Å²) in [5.74, 6) is 1.45. The van der Waals surface area contributed by atoms with Crippen LogP contribution >= 0.6 is 0 Å². The molecule has 2 aliphatic rings. The number of rotatable bonds is 2. The van der Waals surface area contributed by atoms with E-state index < -0.39 is 0 Å². The summed E-state index contributed by atoms with van der Waals surface area (Å²) in [6.07, 6.45) is 7.34. The molecule has 0 bridgehead atoms. The molecule has 0 spiro atoms. The Morgan fingerprint density at radius 3 is 2.70 bits per heavy atom. The fourth-order valence-electron chi connectivity index (χ4n) is 4.26. The molecule has 0 aromatic carbocycles. The lowest BCUT2D eigenvalue weighted by molar-refractivity contribution is 0.0677. The van der Waals surface area contributed by atoms with Crippen LogP contribution in [0.4, 0.5) is 0 Å². The summed E-state index contributed by atoms with van der Waals surface area (Å²) in [7, 11) is 0. The highest BCUT2D eigenvalue weighted by Crippen LogP contribution is 2.35. The molecule has 2 aromatic rings. The van der Waals surface area contributed by atoms with E-state index in [1.165, 1.54) is 25.7 Å². The van der Waals surface area contributed by atoms with E-state index in [1.54, 1.807) is 4.52 Å². The van der Waals surface area contributed by atoms with E-state index in [-0.39, 0.29) is 11.7 Å². The number of amides is 1. The van der Waals surface area contributed by atoms with Gasteiger partial charge in [-0.05, 0) is 51.5 Å². The van der Waals surface area contributed by atoms with Gasteiger partial charge >= 0.3 is 0 Å². The van der Waals surface area contributed by atoms with Crippen LogP contribution < -0.4 is 0 Å².